The fourth-order valence-electron chi connectivity index (χ4n) is 4.55. The number of hydrogen-bond acceptors (Lipinski definition) is 6. The number of H-pyrrole nitrogens is 1. The Morgan fingerprint density at radius 3 is 2.57 bits per heavy atom. The quantitative estimate of drug-likeness (QED) is 0.302. The highest BCUT2D eigenvalue weighted by Crippen LogP contribution is 2.32. The van der Waals surface area contributed by atoms with Crippen LogP contribution in [0.25, 0.3) is 10.9 Å². The summed E-state index contributed by atoms with van der Waals surface area (Å²) in [6.45, 7) is 9.08. The maximum absolute atomic E-state index is 13.6. The third kappa shape index (κ3) is 5.35. The lowest BCUT2D eigenvalue weighted by molar-refractivity contribution is 0.171. The predicted octanol–water partition coefficient (Wildman–Crippen LogP) is 5.62. The Bertz CT molecular complexity index is 1570. The van der Waals surface area contributed by atoms with Crippen LogP contribution in [0.2, 0.25) is 5.02 Å². The van der Waals surface area contributed by atoms with Gasteiger partial charge in [-0.2, -0.15) is 0 Å². The van der Waals surface area contributed by atoms with E-state index in [9.17, 15) is 4.79 Å². The summed E-state index contributed by atoms with van der Waals surface area (Å²) in [6, 6.07) is 18.8. The number of aryl methyl sites for hydroxylation is 1. The largest absolute Gasteiger partial charge is 0.468 e. The van der Waals surface area contributed by atoms with Crippen molar-refractivity contribution in [1.82, 2.24) is 30.1 Å². The maximum atomic E-state index is 13.6. The number of furan rings is 1. The topological polar surface area (TPSA) is 92.8 Å². The van der Waals surface area contributed by atoms with Gasteiger partial charge >= 0.3 is 0 Å². The van der Waals surface area contributed by atoms with Crippen LogP contribution in [0.15, 0.2) is 76.1 Å². The first-order valence-electron chi connectivity index (χ1n) is 12.1. The van der Waals surface area contributed by atoms with Crippen molar-refractivity contribution in [2.24, 2.45) is 0 Å². The summed E-state index contributed by atoms with van der Waals surface area (Å²) in [7, 11) is 0. The third-order valence-corrected chi connectivity index (χ3v) is 6.55. The van der Waals surface area contributed by atoms with Crippen LogP contribution in [0, 0.1) is 6.92 Å². The van der Waals surface area contributed by atoms with Crippen molar-refractivity contribution in [2.75, 3.05) is 0 Å². The number of fused-ring (bicyclic) bond motifs is 1. The minimum absolute atomic E-state index is 0.189. The summed E-state index contributed by atoms with van der Waals surface area (Å²) in [6.07, 6.45) is 1.65. The van der Waals surface area contributed by atoms with E-state index in [-0.39, 0.29) is 5.56 Å². The molecule has 3 aromatic heterocycles. The molecule has 0 saturated heterocycles. The van der Waals surface area contributed by atoms with Crippen molar-refractivity contribution in [3.8, 4) is 0 Å². The van der Waals surface area contributed by atoms with E-state index in [1.807, 2.05) is 82.3 Å². The van der Waals surface area contributed by atoms with Crippen LogP contribution in [-0.2, 0) is 18.6 Å². The molecule has 0 unspecified atom stereocenters. The van der Waals surface area contributed by atoms with Crippen molar-refractivity contribution in [3.05, 3.63) is 111 Å². The highest BCUT2D eigenvalue weighted by Gasteiger charge is 2.34. The number of aromatic nitrogens is 5. The van der Waals surface area contributed by atoms with E-state index < -0.39 is 11.6 Å². The molecule has 0 spiro atoms. The molecule has 190 valence electrons. The third-order valence-electron chi connectivity index (χ3n) is 6.30. The summed E-state index contributed by atoms with van der Waals surface area (Å²) >= 11 is 6.16. The average molecular weight is 517 g/mol. The van der Waals surface area contributed by atoms with Crippen molar-refractivity contribution < 1.29 is 4.42 Å². The first-order valence-corrected chi connectivity index (χ1v) is 12.5. The first kappa shape index (κ1) is 24.9. The fraction of sp³-hybridized carbons (Fsp3) is 0.286. The Morgan fingerprint density at radius 2 is 1.86 bits per heavy atom. The monoisotopic (exact) mass is 516 g/mol. The lowest BCUT2D eigenvalue weighted by atomic mass is 10.00. The minimum Gasteiger partial charge on any atom is -0.468 e. The van der Waals surface area contributed by atoms with Gasteiger partial charge in [-0.3, -0.25) is 9.69 Å². The van der Waals surface area contributed by atoms with Crippen LogP contribution >= 0.6 is 11.6 Å². The lowest BCUT2D eigenvalue weighted by Crippen LogP contribution is -2.37. The number of rotatable bonds is 7. The van der Waals surface area contributed by atoms with Crippen molar-refractivity contribution >= 4 is 22.5 Å². The molecule has 0 radical (unpaired) electrons. The Kier molecular flexibility index (Phi) is 6.70. The predicted molar refractivity (Wildman–Crippen MR) is 143 cm³/mol. The van der Waals surface area contributed by atoms with Gasteiger partial charge in [-0.25, -0.2) is 4.68 Å². The van der Waals surface area contributed by atoms with Crippen molar-refractivity contribution in [1.29, 1.82) is 0 Å². The molecule has 0 bridgehead atoms. The van der Waals surface area contributed by atoms with Gasteiger partial charge < -0.3 is 9.40 Å². The summed E-state index contributed by atoms with van der Waals surface area (Å²) < 4.78 is 7.52. The van der Waals surface area contributed by atoms with Gasteiger partial charge in [0.2, 0.25) is 0 Å². The highest BCUT2D eigenvalue weighted by atomic mass is 35.5. The number of tetrazole rings is 1. The number of hydrogen-bond donors (Lipinski definition) is 1. The van der Waals surface area contributed by atoms with Gasteiger partial charge in [0.25, 0.3) is 5.56 Å². The molecule has 2 aromatic carbocycles. The highest BCUT2D eigenvalue weighted by molar-refractivity contribution is 6.30. The van der Waals surface area contributed by atoms with Gasteiger partial charge in [-0.1, -0.05) is 35.4 Å². The number of nitrogens with zero attached hydrogens (tertiary/aromatic N) is 5. The molecule has 9 heteroatoms. The molecule has 5 rings (SSSR count). The van der Waals surface area contributed by atoms with Crippen LogP contribution in [-0.4, -0.2) is 30.1 Å². The summed E-state index contributed by atoms with van der Waals surface area (Å²) in [4.78, 5) is 18.8. The van der Waals surface area contributed by atoms with Crippen LogP contribution in [0.1, 0.15) is 55.1 Å². The van der Waals surface area contributed by atoms with E-state index in [1.165, 1.54) is 0 Å². The second-order valence-electron chi connectivity index (χ2n) is 10.3. The molecule has 0 amide bonds. The molecule has 0 fully saturated rings. The van der Waals surface area contributed by atoms with Gasteiger partial charge in [-0.15, -0.1) is 5.10 Å². The van der Waals surface area contributed by atoms with Gasteiger partial charge in [0.1, 0.15) is 11.8 Å². The molecule has 3 heterocycles. The second-order valence-corrected chi connectivity index (χ2v) is 10.7. The Morgan fingerprint density at radius 1 is 1.08 bits per heavy atom. The second kappa shape index (κ2) is 9.95. The Labute approximate surface area is 219 Å². The number of aromatic amines is 1. The van der Waals surface area contributed by atoms with E-state index in [4.69, 9.17) is 16.0 Å². The maximum Gasteiger partial charge on any atom is 0.253 e. The smallest absolute Gasteiger partial charge is 0.253 e. The van der Waals surface area contributed by atoms with Crippen LogP contribution in [0.5, 0.6) is 0 Å². The summed E-state index contributed by atoms with van der Waals surface area (Å²) in [5, 5.41) is 14.4. The van der Waals surface area contributed by atoms with Gasteiger partial charge in [0.15, 0.2) is 5.82 Å². The Balaban J connectivity index is 1.72. The molecule has 5 aromatic rings. The van der Waals surface area contributed by atoms with E-state index in [0.717, 1.165) is 27.8 Å². The first-order chi connectivity index (χ1) is 17.7. The number of halogens is 1. The minimum atomic E-state index is -0.566. The number of pyridine rings is 1. The molecule has 8 nitrogen and oxygen atoms in total. The standard InChI is InChI=1S/C28H29ClN6O2/c1-18-7-12-24-20(14-18)15-23(27(36)30-24)25(26-31-32-33-35(26)28(2,3)4)34(17-22-6-5-13-37-22)16-19-8-10-21(29)11-9-19/h5-15,25H,16-17H2,1-4H3,(H,30,36)/t25-/m0/s1. The van der Waals surface area contributed by atoms with Crippen LogP contribution in [0.4, 0.5) is 0 Å². The normalized spacial score (nSPS) is 12.9. The molecular formula is C28H29ClN6O2. The van der Waals surface area contributed by atoms with E-state index >= 15 is 0 Å². The van der Waals surface area contributed by atoms with Gasteiger partial charge in [0.05, 0.1) is 18.3 Å². The van der Waals surface area contributed by atoms with Crippen LogP contribution < -0.4 is 5.56 Å². The van der Waals surface area contributed by atoms with Crippen molar-refractivity contribution in [3.63, 3.8) is 0 Å². The average Bonchev–Trinajstić information content (AvgIpc) is 3.54. The molecule has 37 heavy (non-hydrogen) atoms. The molecule has 0 aliphatic rings. The summed E-state index contributed by atoms with van der Waals surface area (Å²) in [5.41, 5.74) is 2.88. The molecule has 0 aliphatic carbocycles. The number of benzene rings is 2. The van der Waals surface area contributed by atoms with E-state index in [1.54, 1.807) is 10.9 Å². The molecule has 0 aliphatic heterocycles. The fourth-order valence-corrected chi connectivity index (χ4v) is 4.68. The zero-order valence-electron chi connectivity index (χ0n) is 21.3. The van der Waals surface area contributed by atoms with Crippen LogP contribution in [0.3, 0.4) is 0 Å². The van der Waals surface area contributed by atoms with Gasteiger partial charge in [-0.05, 0) is 91.5 Å². The molecule has 1 atom stereocenters. The van der Waals surface area contributed by atoms with Crippen molar-refractivity contribution in [2.45, 2.75) is 52.4 Å². The van der Waals surface area contributed by atoms with E-state index in [0.29, 0.717) is 29.5 Å². The molecule has 0 saturated carbocycles. The summed E-state index contributed by atoms with van der Waals surface area (Å²) in [5.74, 6) is 1.34. The molecular weight excluding hydrogens is 488 g/mol. The lowest BCUT2D eigenvalue weighted by Gasteiger charge is -2.32. The zero-order valence-corrected chi connectivity index (χ0v) is 22.0. The Hall–Kier alpha value is -3.75. The molecule has 1 N–H and O–H groups in total. The SMILES string of the molecule is Cc1ccc2[nH]c(=O)c([C@@H](c3nnnn3C(C)(C)C)N(Cc3ccc(Cl)cc3)Cc3ccco3)cc2c1. The van der Waals surface area contributed by atoms with E-state index in [2.05, 4.69) is 31.5 Å². The van der Waals surface area contributed by atoms with Gasteiger partial charge in [0, 0.05) is 22.6 Å². The zero-order chi connectivity index (χ0) is 26.2. The number of nitrogens with one attached hydrogen (secondary N) is 1.